The molecule has 0 radical (unpaired) electrons. The zero-order chi connectivity index (χ0) is 11.7. The van der Waals surface area contributed by atoms with E-state index in [9.17, 15) is 4.79 Å². The minimum atomic E-state index is -0.428. The Balaban J connectivity index is 2.16. The second-order valence-corrected chi connectivity index (χ2v) is 5.24. The van der Waals surface area contributed by atoms with Gasteiger partial charge in [-0.3, -0.25) is 4.79 Å². The van der Waals surface area contributed by atoms with Gasteiger partial charge in [0.2, 0.25) is 5.91 Å². The van der Waals surface area contributed by atoms with E-state index in [-0.39, 0.29) is 11.9 Å². The molecule has 1 fully saturated rings. The first-order valence-electron chi connectivity index (χ1n) is 5.58. The molecule has 5 heteroatoms. The molecule has 0 saturated heterocycles. The molecule has 0 aliphatic heterocycles. The smallest absolute Gasteiger partial charge is 0.240 e. The van der Waals surface area contributed by atoms with E-state index in [1.54, 1.807) is 24.5 Å². The Hall–Kier alpha value is -0.940. The number of carbonyl (C=O) groups excluding carboxylic acids is 1. The van der Waals surface area contributed by atoms with E-state index >= 15 is 0 Å². The first kappa shape index (κ1) is 11.5. The molecule has 2 N–H and O–H groups in total. The van der Waals surface area contributed by atoms with Crippen LogP contribution in [0.4, 0.5) is 0 Å². The molecule has 1 heterocycles. The van der Waals surface area contributed by atoms with Crippen molar-refractivity contribution in [1.82, 2.24) is 9.88 Å². The number of hydrogen-bond acceptors (Lipinski definition) is 4. The molecule has 0 bridgehead atoms. The molecular weight excluding hydrogens is 222 g/mol. The highest BCUT2D eigenvalue weighted by Crippen LogP contribution is 2.35. The molecule has 4 nitrogen and oxygen atoms in total. The zero-order valence-corrected chi connectivity index (χ0v) is 10.4. The van der Waals surface area contributed by atoms with Gasteiger partial charge in [-0.1, -0.05) is 0 Å². The van der Waals surface area contributed by atoms with Crippen LogP contribution < -0.4 is 5.73 Å². The molecule has 2 rings (SSSR count). The van der Waals surface area contributed by atoms with E-state index in [1.807, 2.05) is 17.2 Å². The summed E-state index contributed by atoms with van der Waals surface area (Å²) in [5.41, 5.74) is 5.69. The third-order valence-electron chi connectivity index (χ3n) is 2.81. The Kier molecular flexibility index (Phi) is 3.25. The first-order chi connectivity index (χ1) is 7.61. The van der Waals surface area contributed by atoms with Crippen molar-refractivity contribution in [3.8, 4) is 0 Å². The number of rotatable bonds is 4. The number of aromatic nitrogens is 1. The fraction of sp³-hybridized carbons (Fsp3) is 0.636. The maximum Gasteiger partial charge on any atom is 0.240 e. The monoisotopic (exact) mass is 239 g/mol. The van der Waals surface area contributed by atoms with Gasteiger partial charge in [0.05, 0.1) is 12.1 Å². The van der Waals surface area contributed by atoms with Crippen molar-refractivity contribution < 1.29 is 4.79 Å². The largest absolute Gasteiger partial charge is 0.329 e. The average Bonchev–Trinajstić information content (AvgIpc) is 2.93. The van der Waals surface area contributed by atoms with Crippen molar-refractivity contribution in [3.05, 3.63) is 16.6 Å². The molecule has 88 valence electrons. The molecule has 1 aliphatic carbocycles. The van der Waals surface area contributed by atoms with Crippen molar-refractivity contribution in [3.63, 3.8) is 0 Å². The predicted octanol–water partition coefficient (Wildman–Crippen LogP) is 1.54. The lowest BCUT2D eigenvalue weighted by molar-refractivity contribution is -0.135. The van der Waals surface area contributed by atoms with Gasteiger partial charge in [0.1, 0.15) is 5.01 Å². The van der Waals surface area contributed by atoms with Crippen LogP contribution in [0, 0.1) is 0 Å². The normalized spacial score (nSPS) is 19.2. The van der Waals surface area contributed by atoms with Crippen molar-refractivity contribution in [1.29, 1.82) is 0 Å². The molecule has 0 aromatic carbocycles. The third kappa shape index (κ3) is 2.25. The van der Waals surface area contributed by atoms with E-state index in [0.29, 0.717) is 6.04 Å². The Labute approximate surface area is 99.5 Å². The van der Waals surface area contributed by atoms with Gasteiger partial charge in [-0.05, 0) is 26.7 Å². The van der Waals surface area contributed by atoms with Gasteiger partial charge in [-0.25, -0.2) is 4.98 Å². The number of nitrogens with zero attached hydrogens (tertiary/aromatic N) is 2. The summed E-state index contributed by atoms with van der Waals surface area (Å²) in [4.78, 5) is 18.2. The standard InChI is InChI=1S/C11H17N3OS/c1-7(12)11(15)14(9-3-4-9)8(2)10-13-5-6-16-10/h5-9H,3-4,12H2,1-2H3/t7-,8?/m0/s1. The maximum atomic E-state index is 12.0. The minimum absolute atomic E-state index is 0.0326. The van der Waals surface area contributed by atoms with Crippen LogP contribution in [0.25, 0.3) is 0 Å². The third-order valence-corrected chi connectivity index (χ3v) is 3.76. The second kappa shape index (κ2) is 4.51. The fourth-order valence-corrected chi connectivity index (χ4v) is 2.53. The zero-order valence-electron chi connectivity index (χ0n) is 9.59. The molecule has 1 aliphatic rings. The van der Waals surface area contributed by atoms with Crippen molar-refractivity contribution >= 4 is 17.2 Å². The topological polar surface area (TPSA) is 59.2 Å². The summed E-state index contributed by atoms with van der Waals surface area (Å²) < 4.78 is 0. The van der Waals surface area contributed by atoms with Crippen molar-refractivity contribution in [2.24, 2.45) is 5.73 Å². The van der Waals surface area contributed by atoms with Crippen molar-refractivity contribution in [2.45, 2.75) is 44.8 Å². The van der Waals surface area contributed by atoms with E-state index < -0.39 is 6.04 Å². The lowest BCUT2D eigenvalue weighted by Crippen LogP contribution is -2.44. The molecule has 16 heavy (non-hydrogen) atoms. The molecule has 2 atom stereocenters. The van der Waals surface area contributed by atoms with Gasteiger partial charge in [-0.2, -0.15) is 0 Å². The van der Waals surface area contributed by atoms with Crippen LogP contribution in [0.1, 0.15) is 37.7 Å². The molecule has 1 unspecified atom stereocenters. The summed E-state index contributed by atoms with van der Waals surface area (Å²) in [5, 5.41) is 2.92. The minimum Gasteiger partial charge on any atom is -0.329 e. The first-order valence-corrected chi connectivity index (χ1v) is 6.46. The lowest BCUT2D eigenvalue weighted by atomic mass is 10.2. The summed E-state index contributed by atoms with van der Waals surface area (Å²) in [6.45, 7) is 3.77. The van der Waals surface area contributed by atoms with Gasteiger partial charge in [0.15, 0.2) is 0 Å². The van der Waals surface area contributed by atoms with Crippen molar-refractivity contribution in [2.75, 3.05) is 0 Å². The summed E-state index contributed by atoms with van der Waals surface area (Å²) in [6.07, 6.45) is 3.96. The van der Waals surface area contributed by atoms with E-state index in [1.165, 1.54) is 0 Å². The molecule has 1 aromatic rings. The number of amides is 1. The van der Waals surface area contributed by atoms with Crippen LogP contribution in [-0.4, -0.2) is 27.9 Å². The van der Waals surface area contributed by atoms with Gasteiger partial charge >= 0.3 is 0 Å². The predicted molar refractivity (Wildman–Crippen MR) is 64.0 cm³/mol. The molecule has 1 saturated carbocycles. The Morgan fingerprint density at radius 3 is 2.75 bits per heavy atom. The summed E-state index contributed by atoms with van der Waals surface area (Å²) in [7, 11) is 0. The molecule has 1 amide bonds. The maximum absolute atomic E-state index is 12.0. The van der Waals surface area contributed by atoms with Gasteiger partial charge in [0.25, 0.3) is 0 Å². The van der Waals surface area contributed by atoms with Gasteiger partial charge < -0.3 is 10.6 Å². The number of thiazole rings is 1. The summed E-state index contributed by atoms with van der Waals surface area (Å²) >= 11 is 1.59. The van der Waals surface area contributed by atoms with Gasteiger partial charge in [-0.15, -0.1) is 11.3 Å². The average molecular weight is 239 g/mol. The van der Waals surface area contributed by atoms with Crippen LogP contribution >= 0.6 is 11.3 Å². The SMILES string of the molecule is CC(c1nccs1)N(C(=O)[C@H](C)N)C1CC1. The fourth-order valence-electron chi connectivity index (χ4n) is 1.83. The Morgan fingerprint density at radius 1 is 1.62 bits per heavy atom. The number of nitrogens with two attached hydrogens (primary N) is 1. The van der Waals surface area contributed by atoms with Gasteiger partial charge in [0, 0.05) is 17.6 Å². The van der Waals surface area contributed by atoms with Crippen LogP contribution in [0.3, 0.4) is 0 Å². The lowest BCUT2D eigenvalue weighted by Gasteiger charge is -2.29. The Morgan fingerprint density at radius 2 is 2.31 bits per heavy atom. The van der Waals surface area contributed by atoms with E-state index in [2.05, 4.69) is 4.98 Å². The molecular formula is C11H17N3OS. The van der Waals surface area contributed by atoms with E-state index in [0.717, 1.165) is 17.8 Å². The summed E-state index contributed by atoms with van der Waals surface area (Å²) in [5.74, 6) is 0.0326. The highest BCUT2D eigenvalue weighted by atomic mass is 32.1. The quantitative estimate of drug-likeness (QED) is 0.867. The second-order valence-electron chi connectivity index (χ2n) is 4.31. The highest BCUT2D eigenvalue weighted by molar-refractivity contribution is 7.09. The van der Waals surface area contributed by atoms with E-state index in [4.69, 9.17) is 5.73 Å². The van der Waals surface area contributed by atoms with Crippen LogP contribution in [0.2, 0.25) is 0 Å². The Bertz CT molecular complexity index is 359. The van der Waals surface area contributed by atoms with Crippen LogP contribution in [0.5, 0.6) is 0 Å². The van der Waals surface area contributed by atoms with Crippen LogP contribution in [-0.2, 0) is 4.79 Å². The molecule has 1 aromatic heterocycles. The molecule has 0 spiro atoms. The number of carbonyl (C=O) groups is 1. The summed E-state index contributed by atoms with van der Waals surface area (Å²) in [6, 6.07) is -0.00795. The van der Waals surface area contributed by atoms with Crippen LogP contribution in [0.15, 0.2) is 11.6 Å². The highest BCUT2D eigenvalue weighted by Gasteiger charge is 2.37. The number of hydrogen-bond donors (Lipinski definition) is 1.